The first kappa shape index (κ1) is 19.9. The van der Waals surface area contributed by atoms with Crippen LogP contribution >= 0.6 is 0 Å². The van der Waals surface area contributed by atoms with Gasteiger partial charge in [-0.25, -0.2) is 14.8 Å². The summed E-state index contributed by atoms with van der Waals surface area (Å²) in [4.78, 5) is 53.0. The molecule has 6 rings (SSSR count). The van der Waals surface area contributed by atoms with Crippen molar-refractivity contribution in [2.45, 2.75) is 38.5 Å². The number of fused-ring (bicyclic) bond motifs is 5. The Morgan fingerprint density at radius 3 is 2.64 bits per heavy atom. The lowest BCUT2D eigenvalue weighted by atomic mass is 9.67. The van der Waals surface area contributed by atoms with Crippen LogP contribution in [0, 0.1) is 5.41 Å². The van der Waals surface area contributed by atoms with Gasteiger partial charge >= 0.3 is 6.03 Å². The van der Waals surface area contributed by atoms with Crippen LogP contribution in [0.25, 0.3) is 22.4 Å². The first-order valence-electron chi connectivity index (χ1n) is 10.9. The van der Waals surface area contributed by atoms with E-state index in [2.05, 4.69) is 20.6 Å². The van der Waals surface area contributed by atoms with Crippen LogP contribution in [0.1, 0.15) is 19.4 Å². The molecule has 2 saturated heterocycles. The number of imide groups is 2. The third kappa shape index (κ3) is 2.80. The molecule has 3 atom stereocenters. The maximum atomic E-state index is 13.2. The van der Waals surface area contributed by atoms with Crippen LogP contribution in [0.3, 0.4) is 0 Å². The number of anilines is 1. The Hall–Kier alpha value is -3.79. The first-order chi connectivity index (χ1) is 15.9. The van der Waals surface area contributed by atoms with E-state index in [0.717, 1.165) is 22.2 Å². The zero-order chi connectivity index (χ0) is 22.9. The van der Waals surface area contributed by atoms with Gasteiger partial charge in [0.25, 0.3) is 0 Å². The van der Waals surface area contributed by atoms with Crippen LogP contribution < -0.4 is 15.5 Å². The number of urea groups is 1. The van der Waals surface area contributed by atoms with E-state index < -0.39 is 35.4 Å². The summed E-state index contributed by atoms with van der Waals surface area (Å²) in [5.74, 6) is 0.135. The fourth-order valence-electron chi connectivity index (χ4n) is 5.52. The normalized spacial score (nSPS) is 26.1. The molecule has 3 aliphatic rings. The highest BCUT2D eigenvalue weighted by atomic mass is 16.5. The molecular formula is C23H22N6O4. The van der Waals surface area contributed by atoms with Crippen molar-refractivity contribution < 1.29 is 19.1 Å². The molecule has 3 aromatic rings. The maximum Gasteiger partial charge on any atom is 0.328 e. The number of carbonyl (C=O) groups is 3. The molecule has 0 radical (unpaired) electrons. The van der Waals surface area contributed by atoms with Crippen molar-refractivity contribution >= 4 is 34.7 Å². The first-order valence-corrected chi connectivity index (χ1v) is 10.9. The second kappa shape index (κ2) is 6.85. The molecule has 3 N–H and O–H groups in total. The van der Waals surface area contributed by atoms with E-state index in [0.29, 0.717) is 18.2 Å². The van der Waals surface area contributed by atoms with Crippen molar-refractivity contribution in [2.24, 2.45) is 5.41 Å². The van der Waals surface area contributed by atoms with Crippen LogP contribution in [-0.4, -0.2) is 57.6 Å². The Kier molecular flexibility index (Phi) is 4.12. The summed E-state index contributed by atoms with van der Waals surface area (Å²) in [6.45, 7) is 4.26. The van der Waals surface area contributed by atoms with Crippen molar-refractivity contribution in [1.82, 2.24) is 25.6 Å². The lowest BCUT2D eigenvalue weighted by Crippen LogP contribution is -2.75. The Bertz CT molecular complexity index is 1280. The van der Waals surface area contributed by atoms with Gasteiger partial charge in [-0.15, -0.1) is 0 Å². The number of pyridine rings is 1. The smallest absolute Gasteiger partial charge is 0.328 e. The summed E-state index contributed by atoms with van der Waals surface area (Å²) in [5.41, 5.74) is 1.71. The molecule has 2 aromatic heterocycles. The third-order valence-corrected chi connectivity index (χ3v) is 6.80. The number of imidazole rings is 1. The highest BCUT2D eigenvalue weighted by Gasteiger charge is 2.63. The van der Waals surface area contributed by atoms with E-state index in [4.69, 9.17) is 9.72 Å². The molecule has 0 aliphatic carbocycles. The molecule has 0 bridgehead atoms. The second-order valence-electron chi connectivity index (χ2n) is 8.94. The third-order valence-electron chi connectivity index (χ3n) is 6.80. The molecule has 4 amide bonds. The van der Waals surface area contributed by atoms with E-state index in [-0.39, 0.29) is 12.5 Å². The Balaban J connectivity index is 1.51. The Labute approximate surface area is 188 Å². The zero-order valence-corrected chi connectivity index (χ0v) is 18.1. The molecule has 5 heterocycles. The number of hydrogen-bond acceptors (Lipinski definition) is 7. The molecule has 0 unspecified atom stereocenters. The fourth-order valence-corrected chi connectivity index (χ4v) is 5.52. The number of nitrogens with zero attached hydrogens (tertiary/aromatic N) is 3. The number of benzene rings is 1. The molecule has 1 spiro atoms. The van der Waals surface area contributed by atoms with Crippen molar-refractivity contribution in [1.29, 1.82) is 0 Å². The van der Waals surface area contributed by atoms with Crippen LogP contribution in [-0.2, 0) is 20.7 Å². The van der Waals surface area contributed by atoms with E-state index in [1.165, 1.54) is 0 Å². The van der Waals surface area contributed by atoms with Gasteiger partial charge in [0.05, 0.1) is 29.3 Å². The summed E-state index contributed by atoms with van der Waals surface area (Å²) in [7, 11) is 0. The Morgan fingerprint density at radius 2 is 1.88 bits per heavy atom. The average molecular weight is 446 g/mol. The molecule has 1 aromatic carbocycles. The molecule has 2 fully saturated rings. The Morgan fingerprint density at radius 1 is 1.12 bits per heavy atom. The minimum Gasteiger partial charge on any atom is -0.372 e. The molecule has 3 aliphatic heterocycles. The van der Waals surface area contributed by atoms with Crippen molar-refractivity contribution in [3.05, 3.63) is 42.1 Å². The van der Waals surface area contributed by atoms with E-state index in [1.807, 2.05) is 49.1 Å². The van der Waals surface area contributed by atoms with E-state index in [1.54, 1.807) is 6.20 Å². The monoisotopic (exact) mass is 446 g/mol. The van der Waals surface area contributed by atoms with Crippen molar-refractivity contribution in [3.63, 3.8) is 0 Å². The fraction of sp³-hybridized carbons (Fsp3) is 0.348. The van der Waals surface area contributed by atoms with Gasteiger partial charge < -0.3 is 14.6 Å². The second-order valence-corrected chi connectivity index (χ2v) is 8.94. The number of barbiturate groups is 1. The standard InChI is InChI=1S/C23H22N6O4/c1-11-10-29-17(12(2)33-11)23(20(30)27-22(32)28-21(23)31)8-13-7-14(9-24-19(13)29)18-25-15-5-3-4-6-16(15)26-18/h3-7,9,11-12,17H,8,10H2,1-2H3,(H,25,26)(H2,27,28,30,31,32)/t11-,12+,17-/m1/s1. The highest BCUT2D eigenvalue weighted by Crippen LogP contribution is 2.46. The topological polar surface area (TPSA) is 129 Å². The van der Waals surface area contributed by atoms with Gasteiger partial charge in [-0.05, 0) is 37.6 Å². The number of para-hydroxylation sites is 2. The minimum atomic E-state index is -1.52. The van der Waals surface area contributed by atoms with Gasteiger partial charge in [0.1, 0.15) is 11.6 Å². The summed E-state index contributed by atoms with van der Waals surface area (Å²) in [6.07, 6.45) is 1.30. The van der Waals surface area contributed by atoms with E-state index >= 15 is 0 Å². The van der Waals surface area contributed by atoms with Gasteiger partial charge in [-0.3, -0.25) is 20.2 Å². The number of ether oxygens (including phenoxy) is 1. The average Bonchev–Trinajstić information content (AvgIpc) is 3.21. The van der Waals surface area contributed by atoms with Crippen LogP contribution in [0.2, 0.25) is 0 Å². The number of carbonyl (C=O) groups excluding carboxylic acids is 3. The van der Waals surface area contributed by atoms with Crippen molar-refractivity contribution in [3.8, 4) is 11.4 Å². The van der Waals surface area contributed by atoms with Crippen LogP contribution in [0.15, 0.2) is 36.5 Å². The SMILES string of the molecule is C[C@@H]1CN2c3ncc(-c4nc5ccccc5[nH]4)cc3CC3(C(=O)NC(=O)NC3=O)[C@H]2[C@H](C)O1. The summed E-state index contributed by atoms with van der Waals surface area (Å²) < 4.78 is 6.02. The largest absolute Gasteiger partial charge is 0.372 e. The number of aromatic amines is 1. The molecule has 10 nitrogen and oxygen atoms in total. The number of rotatable bonds is 1. The molecule has 168 valence electrons. The van der Waals surface area contributed by atoms with Gasteiger partial charge in [0.2, 0.25) is 11.8 Å². The van der Waals surface area contributed by atoms with Gasteiger partial charge in [-0.1, -0.05) is 12.1 Å². The van der Waals surface area contributed by atoms with Crippen LogP contribution in [0.4, 0.5) is 10.6 Å². The number of aromatic nitrogens is 3. The number of hydrogen-bond donors (Lipinski definition) is 3. The summed E-state index contributed by atoms with van der Waals surface area (Å²) in [5, 5.41) is 4.60. The minimum absolute atomic E-state index is 0.0948. The maximum absolute atomic E-state index is 13.2. The number of H-pyrrole nitrogens is 1. The van der Waals surface area contributed by atoms with E-state index in [9.17, 15) is 14.4 Å². The van der Waals surface area contributed by atoms with Gasteiger partial charge in [-0.2, -0.15) is 0 Å². The van der Waals surface area contributed by atoms with Crippen LogP contribution in [0.5, 0.6) is 0 Å². The lowest BCUT2D eigenvalue weighted by Gasteiger charge is -2.54. The van der Waals surface area contributed by atoms with Crippen molar-refractivity contribution in [2.75, 3.05) is 11.4 Å². The molecule has 0 saturated carbocycles. The predicted molar refractivity (Wildman–Crippen MR) is 118 cm³/mol. The predicted octanol–water partition coefficient (Wildman–Crippen LogP) is 1.52. The highest BCUT2D eigenvalue weighted by molar-refractivity contribution is 6.20. The quantitative estimate of drug-likeness (QED) is 0.483. The molecular weight excluding hydrogens is 424 g/mol. The lowest BCUT2D eigenvalue weighted by molar-refractivity contribution is -0.153. The zero-order valence-electron chi connectivity index (χ0n) is 18.1. The number of morpholine rings is 1. The van der Waals surface area contributed by atoms with Gasteiger partial charge in [0.15, 0.2) is 5.41 Å². The number of nitrogens with one attached hydrogen (secondary N) is 3. The number of amides is 4. The summed E-state index contributed by atoms with van der Waals surface area (Å²) >= 11 is 0. The molecule has 33 heavy (non-hydrogen) atoms. The summed E-state index contributed by atoms with van der Waals surface area (Å²) in [6, 6.07) is 8.23. The van der Waals surface area contributed by atoms with Gasteiger partial charge in [0, 0.05) is 24.7 Å². The molecule has 10 heteroatoms.